The number of hydrogen-bond donors (Lipinski definition) is 2. The smallest absolute Gasteiger partial charge is 0.275 e. The fraction of sp³-hybridized carbons (Fsp3) is 0.235. The standard InChI is InChI=1S/C17H15ClFN3O3S/c1-9-4-15(22-26-9)17(24)21-11-5-10(6-11)20-16(23)8-25-12-2-3-13(18)14(19)7-12/h2-5,7,10H,6,8H2,1H3,(H,20,23)(H,21,24). The number of rotatable bonds is 6. The Morgan fingerprint density at radius 1 is 1.42 bits per heavy atom. The van der Waals surface area contributed by atoms with E-state index in [1.54, 1.807) is 12.1 Å². The summed E-state index contributed by atoms with van der Waals surface area (Å²) in [5.74, 6) is -1.000. The maximum atomic E-state index is 13.3. The monoisotopic (exact) mass is 395 g/mol. The van der Waals surface area contributed by atoms with Crippen LogP contribution >= 0.6 is 23.1 Å². The van der Waals surface area contributed by atoms with Crippen LogP contribution in [0.25, 0.3) is 0 Å². The van der Waals surface area contributed by atoms with Crippen molar-refractivity contribution in [1.82, 2.24) is 15.0 Å². The van der Waals surface area contributed by atoms with Gasteiger partial charge < -0.3 is 15.4 Å². The summed E-state index contributed by atoms with van der Waals surface area (Å²) >= 11 is 6.85. The van der Waals surface area contributed by atoms with Gasteiger partial charge >= 0.3 is 0 Å². The number of ether oxygens (including phenoxy) is 1. The van der Waals surface area contributed by atoms with Gasteiger partial charge in [0.2, 0.25) is 0 Å². The normalized spacial score (nSPS) is 15.7. The highest BCUT2D eigenvalue weighted by atomic mass is 35.5. The van der Waals surface area contributed by atoms with Gasteiger partial charge in [-0.1, -0.05) is 11.6 Å². The van der Waals surface area contributed by atoms with E-state index in [-0.39, 0.29) is 35.2 Å². The molecule has 1 aliphatic rings. The summed E-state index contributed by atoms with van der Waals surface area (Å²) < 4.78 is 22.5. The van der Waals surface area contributed by atoms with Crippen molar-refractivity contribution in [2.75, 3.05) is 6.61 Å². The number of aromatic nitrogens is 1. The molecule has 1 heterocycles. The molecule has 0 aliphatic heterocycles. The molecule has 0 bridgehead atoms. The molecule has 1 aliphatic carbocycles. The Bertz CT molecular complexity index is 884. The van der Waals surface area contributed by atoms with Gasteiger partial charge in [-0.15, -0.1) is 0 Å². The number of amides is 2. The van der Waals surface area contributed by atoms with Crippen molar-refractivity contribution >= 4 is 34.9 Å². The molecule has 26 heavy (non-hydrogen) atoms. The zero-order valence-electron chi connectivity index (χ0n) is 13.7. The first kappa shape index (κ1) is 18.3. The van der Waals surface area contributed by atoms with Gasteiger partial charge in [0.15, 0.2) is 6.61 Å². The molecule has 2 N–H and O–H groups in total. The number of hydrogen-bond acceptors (Lipinski definition) is 5. The van der Waals surface area contributed by atoms with E-state index >= 15 is 0 Å². The molecule has 6 nitrogen and oxygen atoms in total. The second kappa shape index (κ2) is 7.84. The zero-order chi connectivity index (χ0) is 18.7. The van der Waals surface area contributed by atoms with Crippen LogP contribution < -0.4 is 15.4 Å². The number of aryl methyl sites for hydroxylation is 1. The van der Waals surface area contributed by atoms with Gasteiger partial charge in [0.05, 0.1) is 11.1 Å². The van der Waals surface area contributed by atoms with Crippen LogP contribution in [0, 0.1) is 12.7 Å². The Labute approximate surface area is 158 Å². The molecular weight excluding hydrogens is 381 g/mol. The number of nitrogens with one attached hydrogen (secondary N) is 2. The molecule has 9 heteroatoms. The predicted octanol–water partition coefficient (Wildman–Crippen LogP) is 2.83. The molecule has 3 rings (SSSR count). The topological polar surface area (TPSA) is 80.3 Å². The van der Waals surface area contributed by atoms with Crippen molar-refractivity contribution in [3.63, 3.8) is 0 Å². The van der Waals surface area contributed by atoms with Crippen LogP contribution in [-0.2, 0) is 4.79 Å². The predicted molar refractivity (Wildman–Crippen MR) is 95.9 cm³/mol. The van der Waals surface area contributed by atoms with Crippen LogP contribution in [0.15, 0.2) is 36.0 Å². The minimum Gasteiger partial charge on any atom is -0.484 e. The summed E-state index contributed by atoms with van der Waals surface area (Å²) in [4.78, 5) is 24.8. The van der Waals surface area contributed by atoms with E-state index in [1.165, 1.54) is 23.7 Å². The lowest BCUT2D eigenvalue weighted by Crippen LogP contribution is -2.43. The summed E-state index contributed by atoms with van der Waals surface area (Å²) in [7, 11) is 0. The van der Waals surface area contributed by atoms with Crippen LogP contribution in [-0.4, -0.2) is 28.8 Å². The van der Waals surface area contributed by atoms with Crippen LogP contribution in [0.4, 0.5) is 4.39 Å². The lowest BCUT2D eigenvalue weighted by Gasteiger charge is -2.26. The van der Waals surface area contributed by atoms with E-state index in [9.17, 15) is 14.0 Å². The first-order valence-electron chi connectivity index (χ1n) is 7.73. The molecule has 2 amide bonds. The summed E-state index contributed by atoms with van der Waals surface area (Å²) in [6, 6.07) is 5.50. The molecule has 2 aromatic rings. The number of carbonyl (C=O) groups excluding carboxylic acids is 2. The summed E-state index contributed by atoms with van der Waals surface area (Å²) in [6.07, 6.45) is 2.26. The number of halogens is 2. The fourth-order valence-corrected chi connectivity index (χ4v) is 2.94. The molecule has 1 aromatic carbocycles. The molecule has 1 aromatic heterocycles. The van der Waals surface area contributed by atoms with Gasteiger partial charge in [-0.05, 0) is 42.7 Å². The van der Waals surface area contributed by atoms with E-state index in [1.807, 2.05) is 6.92 Å². The maximum Gasteiger partial charge on any atom is 0.275 e. The number of benzene rings is 1. The zero-order valence-corrected chi connectivity index (χ0v) is 15.3. The van der Waals surface area contributed by atoms with Crippen molar-refractivity contribution in [3.05, 3.63) is 57.4 Å². The minimum atomic E-state index is -0.609. The highest BCUT2D eigenvalue weighted by Gasteiger charge is 2.23. The van der Waals surface area contributed by atoms with Crippen molar-refractivity contribution in [3.8, 4) is 5.75 Å². The summed E-state index contributed by atoms with van der Waals surface area (Å²) in [5, 5.41) is 5.47. The Morgan fingerprint density at radius 2 is 2.19 bits per heavy atom. The van der Waals surface area contributed by atoms with Crippen LogP contribution in [0.1, 0.15) is 21.8 Å². The second-order valence-corrected chi connectivity index (χ2v) is 7.13. The van der Waals surface area contributed by atoms with Gasteiger partial charge in [0, 0.05) is 23.1 Å². The molecule has 0 saturated heterocycles. The largest absolute Gasteiger partial charge is 0.484 e. The number of carbonyl (C=O) groups is 2. The molecule has 0 saturated carbocycles. The van der Waals surface area contributed by atoms with Crippen LogP contribution in [0.5, 0.6) is 5.75 Å². The first-order chi connectivity index (χ1) is 12.4. The van der Waals surface area contributed by atoms with Gasteiger partial charge in [-0.25, -0.2) is 4.39 Å². The molecular formula is C17H15ClFN3O3S. The third-order valence-electron chi connectivity index (χ3n) is 3.58. The second-order valence-electron chi connectivity index (χ2n) is 5.71. The average Bonchev–Trinajstić information content (AvgIpc) is 3.00. The van der Waals surface area contributed by atoms with E-state index < -0.39 is 5.82 Å². The lowest BCUT2D eigenvalue weighted by atomic mass is 9.99. The molecule has 0 spiro atoms. The van der Waals surface area contributed by atoms with E-state index in [2.05, 4.69) is 15.0 Å². The van der Waals surface area contributed by atoms with Crippen molar-refractivity contribution < 1.29 is 18.7 Å². The third-order valence-corrected chi connectivity index (χ3v) is 4.58. The van der Waals surface area contributed by atoms with E-state index in [0.29, 0.717) is 12.1 Å². The van der Waals surface area contributed by atoms with Crippen molar-refractivity contribution in [2.45, 2.75) is 19.4 Å². The van der Waals surface area contributed by atoms with Crippen LogP contribution in [0.3, 0.4) is 0 Å². The fourth-order valence-electron chi connectivity index (χ4n) is 2.28. The molecule has 1 atom stereocenters. The quantitative estimate of drug-likeness (QED) is 0.788. The Morgan fingerprint density at radius 3 is 2.85 bits per heavy atom. The summed E-state index contributed by atoms with van der Waals surface area (Å²) in [5.41, 5.74) is 1.11. The van der Waals surface area contributed by atoms with E-state index in [4.69, 9.17) is 16.3 Å². The Kier molecular flexibility index (Phi) is 5.53. The molecule has 0 radical (unpaired) electrons. The van der Waals surface area contributed by atoms with Gasteiger partial charge in [0.1, 0.15) is 17.3 Å². The molecule has 0 fully saturated rings. The van der Waals surface area contributed by atoms with E-state index in [0.717, 1.165) is 16.6 Å². The van der Waals surface area contributed by atoms with Gasteiger partial charge in [-0.3, -0.25) is 9.59 Å². The third kappa shape index (κ3) is 4.59. The molecule has 1 unspecified atom stereocenters. The Hall–Kier alpha value is -2.45. The number of nitrogens with zero attached hydrogens (tertiary/aromatic N) is 1. The van der Waals surface area contributed by atoms with Gasteiger partial charge in [0.25, 0.3) is 11.8 Å². The summed E-state index contributed by atoms with van der Waals surface area (Å²) in [6.45, 7) is 1.63. The molecule has 136 valence electrons. The SMILES string of the molecule is Cc1cc(C(=O)NC2=CC(NC(=O)COc3ccc(Cl)c(F)c3)C2)ns1. The lowest BCUT2D eigenvalue weighted by molar-refractivity contribution is -0.123. The minimum absolute atomic E-state index is 0.0104. The maximum absolute atomic E-state index is 13.3. The first-order valence-corrected chi connectivity index (χ1v) is 8.88. The highest BCUT2D eigenvalue weighted by Crippen LogP contribution is 2.21. The van der Waals surface area contributed by atoms with Crippen molar-refractivity contribution in [1.29, 1.82) is 0 Å². The highest BCUT2D eigenvalue weighted by molar-refractivity contribution is 7.05. The Balaban J connectivity index is 1.42. The van der Waals surface area contributed by atoms with Crippen LogP contribution in [0.2, 0.25) is 5.02 Å². The average molecular weight is 396 g/mol. The van der Waals surface area contributed by atoms with Gasteiger partial charge in [-0.2, -0.15) is 4.37 Å². The van der Waals surface area contributed by atoms with Crippen molar-refractivity contribution in [2.24, 2.45) is 0 Å².